The summed E-state index contributed by atoms with van der Waals surface area (Å²) in [7, 11) is 0. The van der Waals surface area contributed by atoms with E-state index in [1.54, 1.807) is 0 Å². The molecule has 5 heteroatoms. The fourth-order valence-corrected chi connectivity index (χ4v) is 2.84. The standard InChI is InChI=1S/C13H25N3O.HI/c1-2-4-13(5-3-6-13)11-15-12(14)16-7-9-17-10-8-16;/h2-11H2,1H3,(H2,14,15);1H. The molecule has 1 heterocycles. The van der Waals surface area contributed by atoms with Crippen molar-refractivity contribution in [1.82, 2.24) is 4.90 Å². The second kappa shape index (κ2) is 7.53. The van der Waals surface area contributed by atoms with Gasteiger partial charge in [0, 0.05) is 19.6 Å². The fraction of sp³-hybridized carbons (Fsp3) is 0.923. The summed E-state index contributed by atoms with van der Waals surface area (Å²) < 4.78 is 5.31. The summed E-state index contributed by atoms with van der Waals surface area (Å²) in [6, 6.07) is 0. The Hall–Kier alpha value is -0.0400. The summed E-state index contributed by atoms with van der Waals surface area (Å²) in [6.45, 7) is 6.50. The molecule has 1 saturated heterocycles. The lowest BCUT2D eigenvalue weighted by Crippen LogP contribution is -2.45. The molecule has 106 valence electrons. The van der Waals surface area contributed by atoms with Gasteiger partial charge in [0.25, 0.3) is 0 Å². The van der Waals surface area contributed by atoms with E-state index in [9.17, 15) is 0 Å². The average molecular weight is 367 g/mol. The molecule has 1 saturated carbocycles. The maximum absolute atomic E-state index is 6.05. The van der Waals surface area contributed by atoms with E-state index in [2.05, 4.69) is 16.8 Å². The summed E-state index contributed by atoms with van der Waals surface area (Å²) >= 11 is 0. The Morgan fingerprint density at radius 1 is 1.33 bits per heavy atom. The largest absolute Gasteiger partial charge is 0.378 e. The number of nitrogens with two attached hydrogens (primary N) is 1. The molecule has 4 nitrogen and oxygen atoms in total. The Bertz CT molecular complexity index is 273. The van der Waals surface area contributed by atoms with E-state index >= 15 is 0 Å². The van der Waals surface area contributed by atoms with Crippen molar-refractivity contribution in [2.75, 3.05) is 32.8 Å². The van der Waals surface area contributed by atoms with Crippen LogP contribution in [0.15, 0.2) is 4.99 Å². The van der Waals surface area contributed by atoms with Crippen LogP contribution >= 0.6 is 24.0 Å². The average Bonchev–Trinajstić information content (AvgIpc) is 2.33. The van der Waals surface area contributed by atoms with Crippen LogP contribution < -0.4 is 5.73 Å². The molecule has 0 aromatic rings. The molecule has 0 aromatic heterocycles. The highest BCUT2D eigenvalue weighted by Crippen LogP contribution is 2.44. The molecular weight excluding hydrogens is 341 g/mol. The van der Waals surface area contributed by atoms with Crippen LogP contribution in [-0.4, -0.2) is 43.7 Å². The lowest BCUT2D eigenvalue weighted by Gasteiger charge is -2.41. The van der Waals surface area contributed by atoms with Gasteiger partial charge in [-0.05, 0) is 24.7 Å². The highest BCUT2D eigenvalue weighted by atomic mass is 127. The zero-order chi connectivity index (χ0) is 12.1. The number of rotatable bonds is 4. The van der Waals surface area contributed by atoms with Crippen molar-refractivity contribution < 1.29 is 4.74 Å². The number of nitrogens with zero attached hydrogens (tertiary/aromatic N) is 2. The highest BCUT2D eigenvalue weighted by Gasteiger charge is 2.35. The molecule has 1 aliphatic carbocycles. The Kier molecular flexibility index (Phi) is 6.70. The third-order valence-electron chi connectivity index (χ3n) is 4.11. The van der Waals surface area contributed by atoms with Gasteiger partial charge in [-0.3, -0.25) is 4.99 Å². The van der Waals surface area contributed by atoms with Gasteiger partial charge in [-0.25, -0.2) is 0 Å². The predicted molar refractivity (Wildman–Crippen MR) is 85.5 cm³/mol. The van der Waals surface area contributed by atoms with E-state index in [0.29, 0.717) is 5.41 Å². The number of ether oxygens (including phenoxy) is 1. The van der Waals surface area contributed by atoms with Crippen molar-refractivity contribution in [3.8, 4) is 0 Å². The van der Waals surface area contributed by atoms with Crippen LogP contribution in [0.25, 0.3) is 0 Å². The van der Waals surface area contributed by atoms with Crippen LogP contribution in [0.2, 0.25) is 0 Å². The quantitative estimate of drug-likeness (QED) is 0.471. The summed E-state index contributed by atoms with van der Waals surface area (Å²) in [6.07, 6.45) is 6.59. The van der Waals surface area contributed by atoms with E-state index in [0.717, 1.165) is 38.8 Å². The molecule has 0 aromatic carbocycles. The third-order valence-corrected chi connectivity index (χ3v) is 4.11. The first kappa shape index (κ1) is 16.0. The van der Waals surface area contributed by atoms with Crippen molar-refractivity contribution in [2.45, 2.75) is 39.0 Å². The number of halogens is 1. The van der Waals surface area contributed by atoms with Crippen LogP contribution in [0, 0.1) is 5.41 Å². The molecule has 0 spiro atoms. The fourth-order valence-electron chi connectivity index (χ4n) is 2.84. The van der Waals surface area contributed by atoms with Crippen LogP contribution in [-0.2, 0) is 4.74 Å². The number of aliphatic imine (C=N–C) groups is 1. The lowest BCUT2D eigenvalue weighted by atomic mass is 9.66. The summed E-state index contributed by atoms with van der Waals surface area (Å²) in [5, 5.41) is 0. The van der Waals surface area contributed by atoms with E-state index < -0.39 is 0 Å². The predicted octanol–water partition coefficient (Wildman–Crippen LogP) is 2.22. The van der Waals surface area contributed by atoms with Gasteiger partial charge in [-0.1, -0.05) is 19.8 Å². The van der Waals surface area contributed by atoms with Crippen LogP contribution in [0.3, 0.4) is 0 Å². The SMILES string of the molecule is CCCC1(CN=C(N)N2CCOCC2)CCC1.I. The van der Waals surface area contributed by atoms with Crippen molar-refractivity contribution in [3.63, 3.8) is 0 Å². The Labute approximate surface area is 127 Å². The molecule has 0 radical (unpaired) electrons. The van der Waals surface area contributed by atoms with Crippen molar-refractivity contribution >= 4 is 29.9 Å². The maximum Gasteiger partial charge on any atom is 0.191 e. The van der Waals surface area contributed by atoms with Crippen LogP contribution in [0.5, 0.6) is 0 Å². The minimum Gasteiger partial charge on any atom is -0.378 e. The van der Waals surface area contributed by atoms with Crippen molar-refractivity contribution in [2.24, 2.45) is 16.1 Å². The summed E-state index contributed by atoms with van der Waals surface area (Å²) in [5.41, 5.74) is 6.53. The van der Waals surface area contributed by atoms with Crippen LogP contribution in [0.1, 0.15) is 39.0 Å². The number of morpholine rings is 1. The van der Waals surface area contributed by atoms with Crippen molar-refractivity contribution in [3.05, 3.63) is 0 Å². The smallest absolute Gasteiger partial charge is 0.191 e. The second-order valence-corrected chi connectivity index (χ2v) is 5.38. The lowest BCUT2D eigenvalue weighted by molar-refractivity contribution is 0.0668. The first-order chi connectivity index (χ1) is 8.26. The monoisotopic (exact) mass is 367 g/mol. The second-order valence-electron chi connectivity index (χ2n) is 5.38. The van der Waals surface area contributed by atoms with Gasteiger partial charge in [0.1, 0.15) is 0 Å². The molecule has 2 rings (SSSR count). The molecule has 18 heavy (non-hydrogen) atoms. The van der Waals surface area contributed by atoms with Gasteiger partial charge in [-0.2, -0.15) is 0 Å². The summed E-state index contributed by atoms with van der Waals surface area (Å²) in [5.74, 6) is 0.718. The highest BCUT2D eigenvalue weighted by molar-refractivity contribution is 14.0. The Balaban J connectivity index is 0.00000162. The molecule has 2 fully saturated rings. The first-order valence-electron chi connectivity index (χ1n) is 6.88. The minimum absolute atomic E-state index is 0. The van der Waals surface area contributed by atoms with Gasteiger partial charge >= 0.3 is 0 Å². The minimum atomic E-state index is 0. The molecule has 1 aliphatic heterocycles. The van der Waals surface area contributed by atoms with Gasteiger partial charge in [0.15, 0.2) is 5.96 Å². The molecule has 2 aliphatic rings. The Morgan fingerprint density at radius 2 is 2.00 bits per heavy atom. The van der Waals surface area contributed by atoms with Gasteiger partial charge in [-0.15, -0.1) is 24.0 Å². The molecule has 0 bridgehead atoms. The van der Waals surface area contributed by atoms with Gasteiger partial charge in [0.2, 0.25) is 0 Å². The Morgan fingerprint density at radius 3 is 2.50 bits per heavy atom. The van der Waals surface area contributed by atoms with Crippen molar-refractivity contribution in [1.29, 1.82) is 0 Å². The zero-order valence-corrected chi connectivity index (χ0v) is 13.7. The van der Waals surface area contributed by atoms with Gasteiger partial charge < -0.3 is 15.4 Å². The molecular formula is C13H26IN3O. The molecule has 0 amide bonds. The van der Waals surface area contributed by atoms with Gasteiger partial charge in [0.05, 0.1) is 13.2 Å². The van der Waals surface area contributed by atoms with E-state index in [-0.39, 0.29) is 24.0 Å². The molecule has 0 atom stereocenters. The normalized spacial score (nSPS) is 23.2. The zero-order valence-electron chi connectivity index (χ0n) is 11.4. The van der Waals surface area contributed by atoms with Crippen LogP contribution in [0.4, 0.5) is 0 Å². The summed E-state index contributed by atoms with van der Waals surface area (Å²) in [4.78, 5) is 6.77. The number of hydrogen-bond donors (Lipinski definition) is 1. The molecule has 2 N–H and O–H groups in total. The topological polar surface area (TPSA) is 50.8 Å². The van der Waals surface area contributed by atoms with E-state index in [1.165, 1.54) is 32.1 Å². The third kappa shape index (κ3) is 3.98. The number of hydrogen-bond acceptors (Lipinski definition) is 2. The first-order valence-corrected chi connectivity index (χ1v) is 6.88. The maximum atomic E-state index is 6.05. The number of guanidine groups is 1. The van der Waals surface area contributed by atoms with E-state index in [1.807, 2.05) is 0 Å². The molecule has 0 unspecified atom stereocenters. The van der Waals surface area contributed by atoms with E-state index in [4.69, 9.17) is 10.5 Å².